The summed E-state index contributed by atoms with van der Waals surface area (Å²) < 4.78 is 31.8. The van der Waals surface area contributed by atoms with Crippen molar-refractivity contribution in [2.45, 2.75) is 38.0 Å². The summed E-state index contributed by atoms with van der Waals surface area (Å²) in [4.78, 5) is 8.04. The minimum atomic E-state index is -3.52. The number of methoxy groups -OCH3 is 1. The van der Waals surface area contributed by atoms with E-state index in [0.29, 0.717) is 24.2 Å². The number of hydrogen-bond acceptors (Lipinski definition) is 6. The van der Waals surface area contributed by atoms with Gasteiger partial charge in [0.2, 0.25) is 21.9 Å². The van der Waals surface area contributed by atoms with Crippen molar-refractivity contribution in [1.82, 2.24) is 15.3 Å². The Kier molecular flexibility index (Phi) is 4.44. The lowest BCUT2D eigenvalue weighted by Gasteiger charge is -2.14. The summed E-state index contributed by atoms with van der Waals surface area (Å²) in [5.74, 6) is 0.374. The summed E-state index contributed by atoms with van der Waals surface area (Å²) >= 11 is 0. The molecule has 20 heavy (non-hydrogen) atoms. The van der Waals surface area contributed by atoms with Crippen LogP contribution in [0.1, 0.15) is 25.5 Å². The number of nitrogens with zero attached hydrogens (tertiary/aromatic N) is 2. The molecule has 8 heteroatoms. The van der Waals surface area contributed by atoms with E-state index in [-0.39, 0.29) is 5.95 Å². The summed E-state index contributed by atoms with van der Waals surface area (Å²) in [6.45, 7) is 3.83. The van der Waals surface area contributed by atoms with Crippen LogP contribution in [0.2, 0.25) is 0 Å². The molecule has 1 heterocycles. The summed E-state index contributed by atoms with van der Waals surface area (Å²) in [5, 5.41) is 2.64. The molecule has 0 spiro atoms. The lowest BCUT2D eigenvalue weighted by atomic mass is 10.4. The smallest absolute Gasteiger partial charge is 0.240 e. The van der Waals surface area contributed by atoms with Crippen molar-refractivity contribution in [3.8, 4) is 5.88 Å². The van der Waals surface area contributed by atoms with Crippen LogP contribution in [-0.2, 0) is 10.0 Å². The standard InChI is InChI=1S/C12H20N4O3S/c1-8-6-11(19-3)15-12(14-8)16-20(17,18)9(2)7-13-10-4-5-10/h6,9-10,13H,4-5,7H2,1-3H3,(H,14,15,16). The molecule has 0 aliphatic heterocycles. The highest BCUT2D eigenvalue weighted by atomic mass is 32.2. The Bertz CT molecular complexity index is 572. The molecule has 2 N–H and O–H groups in total. The van der Waals surface area contributed by atoms with E-state index >= 15 is 0 Å². The Hall–Kier alpha value is -1.41. The van der Waals surface area contributed by atoms with Crippen LogP contribution >= 0.6 is 0 Å². The Labute approximate surface area is 119 Å². The molecule has 0 amide bonds. The first-order chi connectivity index (χ1) is 9.40. The molecule has 0 saturated heterocycles. The van der Waals surface area contributed by atoms with Gasteiger partial charge in [0, 0.05) is 24.3 Å². The van der Waals surface area contributed by atoms with Crippen LogP contribution in [0.3, 0.4) is 0 Å². The Morgan fingerprint density at radius 3 is 2.75 bits per heavy atom. The van der Waals surface area contributed by atoms with Crippen LogP contribution in [0.15, 0.2) is 6.07 Å². The topological polar surface area (TPSA) is 93.2 Å². The van der Waals surface area contributed by atoms with Crippen molar-refractivity contribution in [3.05, 3.63) is 11.8 Å². The highest BCUT2D eigenvalue weighted by Crippen LogP contribution is 2.19. The van der Waals surface area contributed by atoms with Crippen LogP contribution in [0.25, 0.3) is 0 Å². The lowest BCUT2D eigenvalue weighted by Crippen LogP contribution is -2.36. The summed E-state index contributed by atoms with van der Waals surface area (Å²) in [6.07, 6.45) is 2.25. The molecule has 1 aliphatic rings. The fourth-order valence-corrected chi connectivity index (χ4v) is 2.51. The number of ether oxygens (including phenoxy) is 1. The first-order valence-corrected chi connectivity index (χ1v) is 8.10. The molecule has 112 valence electrons. The highest BCUT2D eigenvalue weighted by molar-refractivity contribution is 7.93. The molecule has 1 aromatic rings. The Morgan fingerprint density at radius 1 is 1.45 bits per heavy atom. The van der Waals surface area contributed by atoms with Gasteiger partial charge in [-0.25, -0.2) is 13.4 Å². The minimum Gasteiger partial charge on any atom is -0.481 e. The number of rotatable bonds is 7. The van der Waals surface area contributed by atoms with Crippen molar-refractivity contribution in [1.29, 1.82) is 0 Å². The van der Waals surface area contributed by atoms with Crippen LogP contribution < -0.4 is 14.8 Å². The molecule has 0 radical (unpaired) electrons. The molecule has 1 fully saturated rings. The van der Waals surface area contributed by atoms with E-state index in [0.717, 1.165) is 12.8 Å². The predicted octanol–water partition coefficient (Wildman–Crippen LogP) is 0.676. The first-order valence-electron chi connectivity index (χ1n) is 6.55. The van der Waals surface area contributed by atoms with Gasteiger partial charge in [-0.3, -0.25) is 4.72 Å². The van der Waals surface area contributed by atoms with Gasteiger partial charge in [0.1, 0.15) is 0 Å². The van der Waals surface area contributed by atoms with Gasteiger partial charge in [-0.15, -0.1) is 0 Å². The molecule has 0 aromatic carbocycles. The molecule has 0 bridgehead atoms. The number of anilines is 1. The summed E-state index contributed by atoms with van der Waals surface area (Å²) in [6, 6.07) is 2.11. The van der Waals surface area contributed by atoms with Gasteiger partial charge < -0.3 is 10.1 Å². The maximum absolute atomic E-state index is 12.2. The maximum Gasteiger partial charge on any atom is 0.240 e. The normalized spacial score (nSPS) is 16.8. The average molecular weight is 300 g/mol. The van der Waals surface area contributed by atoms with Crippen molar-refractivity contribution in [3.63, 3.8) is 0 Å². The van der Waals surface area contributed by atoms with E-state index in [1.54, 1.807) is 19.9 Å². The van der Waals surface area contributed by atoms with Gasteiger partial charge in [-0.1, -0.05) is 0 Å². The average Bonchev–Trinajstić information content (AvgIpc) is 3.18. The summed E-state index contributed by atoms with van der Waals surface area (Å²) in [5.41, 5.74) is 0.637. The van der Waals surface area contributed by atoms with Crippen LogP contribution in [0.5, 0.6) is 5.88 Å². The third-order valence-electron chi connectivity index (χ3n) is 3.07. The molecule has 2 rings (SSSR count). The van der Waals surface area contributed by atoms with E-state index < -0.39 is 15.3 Å². The second-order valence-corrected chi connectivity index (χ2v) is 7.11. The Morgan fingerprint density at radius 2 is 2.15 bits per heavy atom. The maximum atomic E-state index is 12.2. The van der Waals surface area contributed by atoms with E-state index in [4.69, 9.17) is 4.74 Å². The predicted molar refractivity (Wildman–Crippen MR) is 76.4 cm³/mol. The van der Waals surface area contributed by atoms with Crippen LogP contribution in [0, 0.1) is 6.92 Å². The van der Waals surface area contributed by atoms with Gasteiger partial charge in [0.05, 0.1) is 12.4 Å². The van der Waals surface area contributed by atoms with Gasteiger partial charge in [-0.2, -0.15) is 4.98 Å². The molecule has 7 nitrogen and oxygen atoms in total. The quantitative estimate of drug-likeness (QED) is 0.769. The van der Waals surface area contributed by atoms with Crippen molar-refractivity contribution in [2.24, 2.45) is 0 Å². The zero-order valence-corrected chi connectivity index (χ0v) is 12.7. The van der Waals surface area contributed by atoms with Crippen LogP contribution in [0.4, 0.5) is 5.95 Å². The third kappa shape index (κ3) is 4.04. The van der Waals surface area contributed by atoms with Crippen molar-refractivity contribution >= 4 is 16.0 Å². The van der Waals surface area contributed by atoms with E-state index in [2.05, 4.69) is 20.0 Å². The van der Waals surface area contributed by atoms with Crippen molar-refractivity contribution in [2.75, 3.05) is 18.4 Å². The summed E-state index contributed by atoms with van der Waals surface area (Å²) in [7, 11) is -2.04. The first kappa shape index (κ1) is 15.0. The number of sulfonamides is 1. The van der Waals surface area contributed by atoms with Gasteiger partial charge in [0.25, 0.3) is 0 Å². The largest absolute Gasteiger partial charge is 0.481 e. The zero-order chi connectivity index (χ0) is 14.8. The molecule has 1 saturated carbocycles. The Balaban J connectivity index is 2.04. The monoisotopic (exact) mass is 300 g/mol. The van der Waals surface area contributed by atoms with Gasteiger partial charge in [0.15, 0.2) is 0 Å². The van der Waals surface area contributed by atoms with Gasteiger partial charge in [-0.05, 0) is 26.7 Å². The zero-order valence-electron chi connectivity index (χ0n) is 11.9. The van der Waals surface area contributed by atoms with E-state index in [1.165, 1.54) is 7.11 Å². The minimum absolute atomic E-state index is 0.0418. The highest BCUT2D eigenvalue weighted by Gasteiger charge is 2.26. The fourth-order valence-electron chi connectivity index (χ4n) is 1.65. The molecule has 1 aromatic heterocycles. The van der Waals surface area contributed by atoms with E-state index in [9.17, 15) is 8.42 Å². The van der Waals surface area contributed by atoms with E-state index in [1.807, 2.05) is 0 Å². The number of hydrogen-bond donors (Lipinski definition) is 2. The second kappa shape index (κ2) is 5.92. The second-order valence-electron chi connectivity index (χ2n) is 5.02. The number of aromatic nitrogens is 2. The molecule has 1 atom stereocenters. The third-order valence-corrected chi connectivity index (χ3v) is 4.77. The molecule has 1 aliphatic carbocycles. The van der Waals surface area contributed by atoms with Crippen LogP contribution in [-0.4, -0.2) is 43.3 Å². The molecular formula is C12H20N4O3S. The fraction of sp³-hybridized carbons (Fsp3) is 0.667. The molecule has 1 unspecified atom stereocenters. The number of aryl methyl sites for hydroxylation is 1. The van der Waals surface area contributed by atoms with Crippen molar-refractivity contribution < 1.29 is 13.2 Å². The SMILES string of the molecule is COc1cc(C)nc(NS(=O)(=O)C(C)CNC2CC2)n1. The number of nitrogens with one attached hydrogen (secondary N) is 2. The van der Waals surface area contributed by atoms with Gasteiger partial charge >= 0.3 is 0 Å². The molecular weight excluding hydrogens is 280 g/mol. The lowest BCUT2D eigenvalue weighted by molar-refractivity contribution is 0.397.